The van der Waals surface area contributed by atoms with Crippen molar-refractivity contribution in [2.45, 2.75) is 39.2 Å². The minimum atomic E-state index is 0.643. The number of halogens is 1. The van der Waals surface area contributed by atoms with Crippen molar-refractivity contribution in [2.75, 3.05) is 5.32 Å². The van der Waals surface area contributed by atoms with Crippen molar-refractivity contribution >= 4 is 17.3 Å². The van der Waals surface area contributed by atoms with Crippen LogP contribution in [-0.4, -0.2) is 6.04 Å². The molecular weight excluding hydrogens is 206 g/mol. The normalized spacial score (nSPS) is 17.5. The van der Waals surface area contributed by atoms with E-state index >= 15 is 0 Å². The highest BCUT2D eigenvalue weighted by Crippen LogP contribution is 2.36. The molecule has 0 amide bonds. The van der Waals surface area contributed by atoms with Crippen molar-refractivity contribution in [3.05, 3.63) is 28.8 Å². The van der Waals surface area contributed by atoms with Gasteiger partial charge in [0.25, 0.3) is 0 Å². The topological polar surface area (TPSA) is 12.0 Å². The molecule has 82 valence electrons. The fourth-order valence-electron chi connectivity index (χ4n) is 2.04. The zero-order valence-electron chi connectivity index (χ0n) is 9.39. The lowest BCUT2D eigenvalue weighted by atomic mass is 10.1. The van der Waals surface area contributed by atoms with Crippen molar-refractivity contribution < 1.29 is 0 Å². The average molecular weight is 224 g/mol. The SMILES string of the molecule is CCC(Nc1ccc(Cl)cc1C)C1CC1. The fraction of sp³-hybridized carbons (Fsp3) is 0.538. The van der Waals surface area contributed by atoms with Crippen LogP contribution in [0.15, 0.2) is 18.2 Å². The summed E-state index contributed by atoms with van der Waals surface area (Å²) < 4.78 is 0. The van der Waals surface area contributed by atoms with Crippen LogP contribution in [0, 0.1) is 12.8 Å². The molecule has 1 atom stereocenters. The van der Waals surface area contributed by atoms with Crippen LogP contribution < -0.4 is 5.32 Å². The molecule has 2 rings (SSSR count). The summed E-state index contributed by atoms with van der Waals surface area (Å²) in [5.74, 6) is 0.894. The number of anilines is 1. The maximum absolute atomic E-state index is 5.93. The van der Waals surface area contributed by atoms with Gasteiger partial charge in [-0.05, 0) is 55.9 Å². The monoisotopic (exact) mass is 223 g/mol. The molecule has 1 saturated carbocycles. The molecule has 1 aliphatic carbocycles. The highest BCUT2D eigenvalue weighted by atomic mass is 35.5. The predicted octanol–water partition coefficient (Wildman–Crippen LogP) is 4.25. The Morgan fingerprint density at radius 3 is 2.73 bits per heavy atom. The van der Waals surface area contributed by atoms with Crippen LogP contribution in [-0.2, 0) is 0 Å². The molecule has 15 heavy (non-hydrogen) atoms. The molecule has 0 radical (unpaired) electrons. The highest BCUT2D eigenvalue weighted by Gasteiger charge is 2.29. The average Bonchev–Trinajstić information content (AvgIpc) is 3.00. The van der Waals surface area contributed by atoms with Crippen LogP contribution in [0.2, 0.25) is 5.02 Å². The first-order valence-corrected chi connectivity index (χ1v) is 6.11. The molecule has 2 heteroatoms. The number of hydrogen-bond acceptors (Lipinski definition) is 1. The zero-order chi connectivity index (χ0) is 10.8. The Bertz CT molecular complexity index is 344. The molecule has 0 aliphatic heterocycles. The summed E-state index contributed by atoms with van der Waals surface area (Å²) in [7, 11) is 0. The van der Waals surface area contributed by atoms with E-state index in [1.165, 1.54) is 30.5 Å². The van der Waals surface area contributed by atoms with Gasteiger partial charge in [-0.3, -0.25) is 0 Å². The second-order valence-corrected chi connectivity index (χ2v) is 4.89. The van der Waals surface area contributed by atoms with E-state index in [1.54, 1.807) is 0 Å². The number of aryl methyl sites for hydroxylation is 1. The second-order valence-electron chi connectivity index (χ2n) is 4.46. The summed E-state index contributed by atoms with van der Waals surface area (Å²) in [6.07, 6.45) is 3.98. The molecule has 1 aliphatic rings. The van der Waals surface area contributed by atoms with Gasteiger partial charge in [0.05, 0.1) is 0 Å². The quantitative estimate of drug-likeness (QED) is 0.805. The third-order valence-corrected chi connectivity index (χ3v) is 3.40. The molecule has 0 bridgehead atoms. The number of rotatable bonds is 4. The lowest BCUT2D eigenvalue weighted by Gasteiger charge is -2.19. The van der Waals surface area contributed by atoms with Gasteiger partial charge in [0, 0.05) is 16.8 Å². The molecule has 1 N–H and O–H groups in total. The number of benzene rings is 1. The lowest BCUT2D eigenvalue weighted by molar-refractivity contribution is 0.616. The maximum atomic E-state index is 5.93. The van der Waals surface area contributed by atoms with E-state index in [1.807, 2.05) is 12.1 Å². The van der Waals surface area contributed by atoms with Gasteiger partial charge in [0.15, 0.2) is 0 Å². The van der Waals surface area contributed by atoms with Gasteiger partial charge in [-0.25, -0.2) is 0 Å². The minimum Gasteiger partial charge on any atom is -0.382 e. The molecule has 0 aromatic heterocycles. The highest BCUT2D eigenvalue weighted by molar-refractivity contribution is 6.30. The predicted molar refractivity (Wildman–Crippen MR) is 66.6 cm³/mol. The Hall–Kier alpha value is -0.690. The molecule has 0 heterocycles. The first-order chi connectivity index (χ1) is 7.20. The molecular formula is C13H18ClN. The van der Waals surface area contributed by atoms with Crippen molar-refractivity contribution in [3.63, 3.8) is 0 Å². The summed E-state index contributed by atoms with van der Waals surface area (Å²) in [5, 5.41) is 4.44. The van der Waals surface area contributed by atoms with Gasteiger partial charge < -0.3 is 5.32 Å². The first-order valence-electron chi connectivity index (χ1n) is 5.73. The van der Waals surface area contributed by atoms with Crippen LogP contribution in [0.5, 0.6) is 0 Å². The molecule has 1 aromatic carbocycles. The van der Waals surface area contributed by atoms with Crippen LogP contribution in [0.3, 0.4) is 0 Å². The van der Waals surface area contributed by atoms with Crippen molar-refractivity contribution in [3.8, 4) is 0 Å². The van der Waals surface area contributed by atoms with Crippen LogP contribution >= 0.6 is 11.6 Å². The summed E-state index contributed by atoms with van der Waals surface area (Å²) >= 11 is 5.93. The van der Waals surface area contributed by atoms with Crippen LogP contribution in [0.25, 0.3) is 0 Å². The van der Waals surface area contributed by atoms with Crippen molar-refractivity contribution in [2.24, 2.45) is 5.92 Å². The zero-order valence-corrected chi connectivity index (χ0v) is 10.1. The second kappa shape index (κ2) is 4.44. The molecule has 1 unspecified atom stereocenters. The smallest absolute Gasteiger partial charge is 0.0410 e. The number of nitrogens with one attached hydrogen (secondary N) is 1. The summed E-state index contributed by atoms with van der Waals surface area (Å²) in [6, 6.07) is 6.70. The van der Waals surface area contributed by atoms with E-state index in [0.29, 0.717) is 6.04 Å². The summed E-state index contributed by atoms with van der Waals surface area (Å²) in [6.45, 7) is 4.36. The standard InChI is InChI=1S/C13H18ClN/c1-3-12(10-4-5-10)15-13-7-6-11(14)8-9(13)2/h6-8,10,12,15H,3-5H2,1-2H3. The molecule has 0 spiro atoms. The maximum Gasteiger partial charge on any atom is 0.0410 e. The Morgan fingerprint density at radius 1 is 1.47 bits per heavy atom. The van der Waals surface area contributed by atoms with Gasteiger partial charge in [-0.2, -0.15) is 0 Å². The minimum absolute atomic E-state index is 0.643. The van der Waals surface area contributed by atoms with E-state index < -0.39 is 0 Å². The van der Waals surface area contributed by atoms with Gasteiger partial charge in [-0.1, -0.05) is 18.5 Å². The van der Waals surface area contributed by atoms with E-state index in [9.17, 15) is 0 Å². The summed E-state index contributed by atoms with van der Waals surface area (Å²) in [5.41, 5.74) is 2.47. The third kappa shape index (κ3) is 2.66. The molecule has 1 fully saturated rings. The van der Waals surface area contributed by atoms with Crippen LogP contribution in [0.1, 0.15) is 31.7 Å². The van der Waals surface area contributed by atoms with Gasteiger partial charge >= 0.3 is 0 Å². The molecule has 1 nitrogen and oxygen atoms in total. The lowest BCUT2D eigenvalue weighted by Crippen LogP contribution is -2.21. The van der Waals surface area contributed by atoms with Gasteiger partial charge in [0.2, 0.25) is 0 Å². The molecule has 1 aromatic rings. The Morgan fingerprint density at radius 2 is 2.20 bits per heavy atom. The Balaban J connectivity index is 2.08. The van der Waals surface area contributed by atoms with Crippen molar-refractivity contribution in [1.82, 2.24) is 0 Å². The number of hydrogen-bond donors (Lipinski definition) is 1. The molecule has 0 saturated heterocycles. The van der Waals surface area contributed by atoms with Crippen LogP contribution in [0.4, 0.5) is 5.69 Å². The largest absolute Gasteiger partial charge is 0.382 e. The van der Waals surface area contributed by atoms with E-state index in [2.05, 4.69) is 25.2 Å². The third-order valence-electron chi connectivity index (χ3n) is 3.16. The van der Waals surface area contributed by atoms with Crippen molar-refractivity contribution in [1.29, 1.82) is 0 Å². The van der Waals surface area contributed by atoms with Gasteiger partial charge in [0.1, 0.15) is 0 Å². The Kier molecular flexibility index (Phi) is 3.20. The van der Waals surface area contributed by atoms with E-state index in [-0.39, 0.29) is 0 Å². The fourth-order valence-corrected chi connectivity index (χ4v) is 2.27. The van der Waals surface area contributed by atoms with E-state index in [0.717, 1.165) is 10.9 Å². The Labute approximate surface area is 96.8 Å². The summed E-state index contributed by atoms with van der Waals surface area (Å²) in [4.78, 5) is 0. The van der Waals surface area contributed by atoms with E-state index in [4.69, 9.17) is 11.6 Å². The van der Waals surface area contributed by atoms with Gasteiger partial charge in [-0.15, -0.1) is 0 Å². The first kappa shape index (κ1) is 10.8.